The van der Waals surface area contributed by atoms with Gasteiger partial charge < -0.3 is 10.8 Å². The first-order chi connectivity index (χ1) is 6.65. The highest BCUT2D eigenvalue weighted by Gasteiger charge is 2.33. The number of rotatable bonds is 1. The molecule has 1 aliphatic rings. The maximum atomic E-state index is 13.0. The summed E-state index contributed by atoms with van der Waals surface area (Å²) >= 11 is 0. The second-order valence-corrected chi connectivity index (χ2v) is 3.89. The van der Waals surface area contributed by atoms with Gasteiger partial charge in [-0.3, -0.25) is 0 Å². The quantitative estimate of drug-likeness (QED) is 0.709. The molecule has 0 saturated carbocycles. The minimum Gasteiger partial charge on any atom is -0.384 e. The molecule has 0 aromatic heterocycles. The SMILES string of the molecule is NCC1(O)CCCc2ccc(F)cc21. The molecule has 3 heteroatoms. The summed E-state index contributed by atoms with van der Waals surface area (Å²) in [4.78, 5) is 0. The highest BCUT2D eigenvalue weighted by atomic mass is 19.1. The summed E-state index contributed by atoms with van der Waals surface area (Å²) < 4.78 is 13.0. The van der Waals surface area contributed by atoms with Gasteiger partial charge in [0.25, 0.3) is 0 Å². The zero-order chi connectivity index (χ0) is 10.2. The molecule has 14 heavy (non-hydrogen) atoms. The van der Waals surface area contributed by atoms with Crippen molar-refractivity contribution < 1.29 is 9.50 Å². The van der Waals surface area contributed by atoms with Crippen molar-refractivity contribution in [1.29, 1.82) is 0 Å². The molecule has 0 bridgehead atoms. The van der Waals surface area contributed by atoms with E-state index in [1.165, 1.54) is 12.1 Å². The van der Waals surface area contributed by atoms with Gasteiger partial charge in [-0.1, -0.05) is 6.07 Å². The van der Waals surface area contributed by atoms with E-state index in [1.807, 2.05) is 0 Å². The third-order valence-electron chi connectivity index (χ3n) is 2.95. The maximum Gasteiger partial charge on any atom is 0.123 e. The molecule has 0 fully saturated rings. The van der Waals surface area contributed by atoms with E-state index in [0.717, 1.165) is 18.4 Å². The summed E-state index contributed by atoms with van der Waals surface area (Å²) in [6, 6.07) is 4.58. The molecule has 0 aliphatic heterocycles. The van der Waals surface area contributed by atoms with Gasteiger partial charge in [-0.2, -0.15) is 0 Å². The lowest BCUT2D eigenvalue weighted by Crippen LogP contribution is -2.38. The molecule has 0 amide bonds. The number of fused-ring (bicyclic) bond motifs is 1. The lowest BCUT2D eigenvalue weighted by molar-refractivity contribution is 0.0276. The van der Waals surface area contributed by atoms with Crippen LogP contribution in [0.4, 0.5) is 4.39 Å². The topological polar surface area (TPSA) is 46.2 Å². The van der Waals surface area contributed by atoms with Crippen molar-refractivity contribution in [2.45, 2.75) is 24.9 Å². The number of halogens is 1. The Kier molecular flexibility index (Phi) is 2.29. The van der Waals surface area contributed by atoms with E-state index in [0.29, 0.717) is 12.0 Å². The van der Waals surface area contributed by atoms with E-state index in [2.05, 4.69) is 0 Å². The first-order valence-corrected chi connectivity index (χ1v) is 4.87. The Morgan fingerprint density at radius 3 is 3.00 bits per heavy atom. The van der Waals surface area contributed by atoms with E-state index in [4.69, 9.17) is 5.73 Å². The smallest absolute Gasteiger partial charge is 0.123 e. The van der Waals surface area contributed by atoms with Crippen molar-refractivity contribution in [3.05, 3.63) is 35.1 Å². The molecule has 2 rings (SSSR count). The van der Waals surface area contributed by atoms with Gasteiger partial charge in [0.2, 0.25) is 0 Å². The van der Waals surface area contributed by atoms with Crippen LogP contribution in [0.25, 0.3) is 0 Å². The van der Waals surface area contributed by atoms with Gasteiger partial charge in [0.05, 0.1) is 0 Å². The summed E-state index contributed by atoms with van der Waals surface area (Å²) in [7, 11) is 0. The van der Waals surface area contributed by atoms with Gasteiger partial charge in [-0.25, -0.2) is 4.39 Å². The number of aryl methyl sites for hydroxylation is 1. The van der Waals surface area contributed by atoms with Gasteiger partial charge in [0, 0.05) is 6.54 Å². The van der Waals surface area contributed by atoms with Gasteiger partial charge >= 0.3 is 0 Å². The van der Waals surface area contributed by atoms with Gasteiger partial charge in [-0.15, -0.1) is 0 Å². The summed E-state index contributed by atoms with van der Waals surface area (Å²) in [5, 5.41) is 10.2. The first kappa shape index (κ1) is 9.62. The second kappa shape index (κ2) is 3.33. The second-order valence-electron chi connectivity index (χ2n) is 3.89. The van der Waals surface area contributed by atoms with Crippen LogP contribution in [-0.2, 0) is 12.0 Å². The van der Waals surface area contributed by atoms with Crippen LogP contribution >= 0.6 is 0 Å². The molecule has 1 aromatic carbocycles. The van der Waals surface area contributed by atoms with E-state index >= 15 is 0 Å². The van der Waals surface area contributed by atoms with Crippen molar-refractivity contribution >= 4 is 0 Å². The van der Waals surface area contributed by atoms with E-state index in [1.54, 1.807) is 6.07 Å². The molecule has 0 heterocycles. The van der Waals surface area contributed by atoms with E-state index < -0.39 is 5.60 Å². The number of hydrogen-bond acceptors (Lipinski definition) is 2. The van der Waals surface area contributed by atoms with Crippen molar-refractivity contribution in [1.82, 2.24) is 0 Å². The monoisotopic (exact) mass is 195 g/mol. The molecule has 76 valence electrons. The van der Waals surface area contributed by atoms with Crippen LogP contribution in [0.5, 0.6) is 0 Å². The van der Waals surface area contributed by atoms with Crippen LogP contribution < -0.4 is 5.73 Å². The van der Waals surface area contributed by atoms with Crippen molar-refractivity contribution in [3.63, 3.8) is 0 Å². The Bertz CT molecular complexity index is 353. The van der Waals surface area contributed by atoms with Gasteiger partial charge in [-0.05, 0) is 42.5 Å². The number of hydrogen-bond donors (Lipinski definition) is 2. The average molecular weight is 195 g/mol. The largest absolute Gasteiger partial charge is 0.384 e. The molecular formula is C11H14FNO. The molecule has 1 aromatic rings. The van der Waals surface area contributed by atoms with Crippen LogP contribution in [0.3, 0.4) is 0 Å². The highest BCUT2D eigenvalue weighted by Crippen LogP contribution is 2.34. The maximum absolute atomic E-state index is 13.0. The lowest BCUT2D eigenvalue weighted by atomic mass is 9.79. The number of aliphatic hydroxyl groups is 1. The third-order valence-corrected chi connectivity index (χ3v) is 2.95. The van der Waals surface area contributed by atoms with E-state index in [9.17, 15) is 9.50 Å². The van der Waals surface area contributed by atoms with Gasteiger partial charge in [0.1, 0.15) is 11.4 Å². The van der Waals surface area contributed by atoms with Crippen LogP contribution in [0, 0.1) is 5.82 Å². The van der Waals surface area contributed by atoms with Crippen LogP contribution in [0.2, 0.25) is 0 Å². The van der Waals surface area contributed by atoms with Crippen LogP contribution in [-0.4, -0.2) is 11.7 Å². The first-order valence-electron chi connectivity index (χ1n) is 4.87. The normalized spacial score (nSPS) is 25.9. The fourth-order valence-corrected chi connectivity index (χ4v) is 2.12. The standard InChI is InChI=1S/C11H14FNO/c12-9-4-3-8-2-1-5-11(14,7-13)10(8)6-9/h3-4,6,14H,1-2,5,7,13H2. The number of nitrogens with two attached hydrogens (primary N) is 1. The Hall–Kier alpha value is -0.930. The van der Waals surface area contributed by atoms with Crippen LogP contribution in [0.15, 0.2) is 18.2 Å². The fourth-order valence-electron chi connectivity index (χ4n) is 2.12. The van der Waals surface area contributed by atoms with Crippen molar-refractivity contribution in [2.24, 2.45) is 5.73 Å². The summed E-state index contributed by atoms with van der Waals surface area (Å²) in [5.74, 6) is -0.308. The zero-order valence-electron chi connectivity index (χ0n) is 7.96. The minimum atomic E-state index is -1.02. The van der Waals surface area contributed by atoms with E-state index in [-0.39, 0.29) is 12.4 Å². The Morgan fingerprint density at radius 2 is 2.29 bits per heavy atom. The summed E-state index contributed by atoms with van der Waals surface area (Å²) in [6.07, 6.45) is 2.43. The van der Waals surface area contributed by atoms with Crippen molar-refractivity contribution in [3.8, 4) is 0 Å². The minimum absolute atomic E-state index is 0.156. The molecule has 0 radical (unpaired) electrons. The summed E-state index contributed by atoms with van der Waals surface area (Å²) in [6.45, 7) is 0.156. The molecule has 1 aliphatic carbocycles. The Morgan fingerprint density at radius 1 is 1.50 bits per heavy atom. The third kappa shape index (κ3) is 1.42. The predicted octanol–water partition coefficient (Wildman–Crippen LogP) is 1.31. The zero-order valence-corrected chi connectivity index (χ0v) is 7.96. The highest BCUT2D eigenvalue weighted by molar-refractivity contribution is 5.35. The van der Waals surface area contributed by atoms with Crippen molar-refractivity contribution in [2.75, 3.05) is 6.54 Å². The van der Waals surface area contributed by atoms with Crippen LogP contribution in [0.1, 0.15) is 24.0 Å². The average Bonchev–Trinajstić information content (AvgIpc) is 2.20. The fraction of sp³-hybridized carbons (Fsp3) is 0.455. The molecule has 2 nitrogen and oxygen atoms in total. The Balaban J connectivity index is 2.52. The predicted molar refractivity (Wildman–Crippen MR) is 52.3 cm³/mol. The van der Waals surface area contributed by atoms with Gasteiger partial charge in [0.15, 0.2) is 0 Å². The molecule has 0 spiro atoms. The number of benzene rings is 1. The summed E-state index contributed by atoms with van der Waals surface area (Å²) in [5.41, 5.74) is 6.20. The molecule has 1 unspecified atom stereocenters. The molecule has 3 N–H and O–H groups in total. The molecule has 0 saturated heterocycles. The molecular weight excluding hydrogens is 181 g/mol. The lowest BCUT2D eigenvalue weighted by Gasteiger charge is -2.33. The Labute approximate surface area is 82.5 Å². The molecule has 1 atom stereocenters.